The van der Waals surface area contributed by atoms with E-state index >= 15 is 0 Å². The normalized spacial score (nSPS) is 14.6. The van der Waals surface area contributed by atoms with Gasteiger partial charge in [0.15, 0.2) is 0 Å². The summed E-state index contributed by atoms with van der Waals surface area (Å²) in [6.45, 7) is 37.6. The Hall–Kier alpha value is -4.68. The summed E-state index contributed by atoms with van der Waals surface area (Å²) < 4.78 is 0. The maximum atomic E-state index is 2.46. The summed E-state index contributed by atoms with van der Waals surface area (Å²) in [6, 6.07) is 24.0. The predicted molar refractivity (Wildman–Crippen MR) is 235 cm³/mol. The molecule has 0 heteroatoms. The van der Waals surface area contributed by atoms with Crippen LogP contribution in [0.5, 0.6) is 0 Å². The second-order valence-electron chi connectivity index (χ2n) is 18.3. The summed E-state index contributed by atoms with van der Waals surface area (Å²) >= 11 is 0. The average Bonchev–Trinajstić information content (AvgIpc) is 3.46. The van der Waals surface area contributed by atoms with Gasteiger partial charge in [0.1, 0.15) is 0 Å². The molecule has 0 aliphatic heterocycles. The minimum absolute atomic E-state index is 0.0392. The molecule has 0 amide bonds. The monoisotopic (exact) mass is 706 g/mol. The van der Waals surface area contributed by atoms with Crippen molar-refractivity contribution in [3.63, 3.8) is 0 Å². The molecule has 0 bridgehead atoms. The Bertz CT molecular complexity index is 2410. The van der Waals surface area contributed by atoms with E-state index in [9.17, 15) is 0 Å². The molecular weight excluding hydrogens is 649 g/mol. The topological polar surface area (TPSA) is 0 Å². The van der Waals surface area contributed by atoms with Crippen LogP contribution in [-0.2, 0) is 10.8 Å². The van der Waals surface area contributed by atoms with E-state index in [1.54, 1.807) is 0 Å². The Morgan fingerprint density at radius 3 is 0.852 bits per heavy atom. The van der Waals surface area contributed by atoms with Gasteiger partial charge in [-0.15, -0.1) is 0 Å². The molecule has 0 aromatic heterocycles. The largest absolute Gasteiger partial charge is 0.0587 e. The van der Waals surface area contributed by atoms with E-state index in [-0.39, 0.29) is 10.8 Å². The molecule has 0 saturated carbocycles. The fraction of sp³-hybridized carbons (Fsp3) is 0.333. The number of hydrogen-bond acceptors (Lipinski definition) is 0. The van der Waals surface area contributed by atoms with Gasteiger partial charge in [0.2, 0.25) is 0 Å². The second kappa shape index (κ2) is 11.9. The van der Waals surface area contributed by atoms with E-state index in [2.05, 4.69) is 171 Å². The van der Waals surface area contributed by atoms with Crippen molar-refractivity contribution in [1.82, 2.24) is 0 Å². The summed E-state index contributed by atoms with van der Waals surface area (Å²) in [5.41, 5.74) is 36.2. The zero-order chi connectivity index (χ0) is 39.1. The highest BCUT2D eigenvalue weighted by atomic mass is 14.4. The number of fused-ring (bicyclic) bond motifs is 6. The maximum absolute atomic E-state index is 2.46. The SMILES string of the molecule is Cc1ccc2c(c1)C(C)(C)c1cc(C)cc(-c3c(C)c(C)c(-c4c(C)c(C)c(-c5cc(C)cc6c5-c5ccc(C)cc5C6(C)C)c(C)c4C)c(C)c3C)c1-2. The fourth-order valence-corrected chi connectivity index (χ4v) is 10.8. The van der Waals surface area contributed by atoms with Crippen molar-refractivity contribution in [3.8, 4) is 55.6 Å². The van der Waals surface area contributed by atoms with Gasteiger partial charge in [-0.2, -0.15) is 0 Å². The van der Waals surface area contributed by atoms with Gasteiger partial charge < -0.3 is 0 Å². The zero-order valence-corrected chi connectivity index (χ0v) is 35.8. The van der Waals surface area contributed by atoms with Gasteiger partial charge in [-0.25, -0.2) is 0 Å². The molecule has 0 radical (unpaired) electrons. The molecule has 274 valence electrons. The van der Waals surface area contributed by atoms with Gasteiger partial charge in [-0.05, 0) is 205 Å². The van der Waals surface area contributed by atoms with Crippen LogP contribution in [0.4, 0.5) is 0 Å². The first kappa shape index (κ1) is 36.3. The first-order chi connectivity index (χ1) is 25.3. The molecular formula is C54H58. The molecule has 6 aromatic carbocycles. The van der Waals surface area contributed by atoms with Crippen molar-refractivity contribution >= 4 is 0 Å². The third-order valence-electron chi connectivity index (χ3n) is 14.2. The van der Waals surface area contributed by atoms with Crippen molar-refractivity contribution in [2.75, 3.05) is 0 Å². The van der Waals surface area contributed by atoms with Crippen molar-refractivity contribution in [1.29, 1.82) is 0 Å². The molecule has 0 fully saturated rings. The lowest BCUT2D eigenvalue weighted by atomic mass is 9.75. The summed E-state index contributed by atoms with van der Waals surface area (Å²) in [4.78, 5) is 0. The molecule has 2 aliphatic rings. The van der Waals surface area contributed by atoms with Crippen LogP contribution >= 0.6 is 0 Å². The smallest absolute Gasteiger partial charge is 0.0159 e. The molecule has 2 aliphatic carbocycles. The number of aryl methyl sites for hydroxylation is 4. The van der Waals surface area contributed by atoms with E-state index in [0.29, 0.717) is 0 Å². The number of benzene rings is 6. The van der Waals surface area contributed by atoms with Crippen molar-refractivity contribution < 1.29 is 0 Å². The summed E-state index contributed by atoms with van der Waals surface area (Å²) in [6.07, 6.45) is 0. The molecule has 0 heterocycles. The minimum atomic E-state index is -0.0392. The van der Waals surface area contributed by atoms with Gasteiger partial charge in [-0.1, -0.05) is 111 Å². The Labute approximate surface area is 325 Å². The number of rotatable bonds is 3. The van der Waals surface area contributed by atoms with Crippen molar-refractivity contribution in [3.05, 3.63) is 150 Å². The first-order valence-corrected chi connectivity index (χ1v) is 20.0. The average molecular weight is 707 g/mol. The van der Waals surface area contributed by atoms with E-state index in [4.69, 9.17) is 0 Å². The van der Waals surface area contributed by atoms with Crippen LogP contribution < -0.4 is 0 Å². The standard InChI is InChI=1S/C54H58/c1-27-17-19-39-43(23-27)53(13,14)45-25-29(3)21-41(51(39)45)47-31(5)35(9)49(36(10)32(47)6)50-37(11)33(7)48(34(8)38(50)12)42-22-30(4)26-46-52(42)40-20-18-28(2)24-44(40)54(46,15)16/h17-26H,1-16H3. The van der Waals surface area contributed by atoms with Gasteiger partial charge in [0.05, 0.1) is 0 Å². The first-order valence-electron chi connectivity index (χ1n) is 20.0. The summed E-state index contributed by atoms with van der Waals surface area (Å²) in [7, 11) is 0. The Balaban J connectivity index is 1.36. The molecule has 0 atom stereocenters. The van der Waals surface area contributed by atoms with Crippen LogP contribution in [0.3, 0.4) is 0 Å². The van der Waals surface area contributed by atoms with Crippen molar-refractivity contribution in [2.24, 2.45) is 0 Å². The molecule has 6 aromatic rings. The van der Waals surface area contributed by atoms with Gasteiger partial charge in [0.25, 0.3) is 0 Å². The lowest BCUT2D eigenvalue weighted by Crippen LogP contribution is -2.15. The third kappa shape index (κ3) is 4.81. The lowest BCUT2D eigenvalue weighted by Gasteiger charge is -2.28. The minimum Gasteiger partial charge on any atom is -0.0587 e. The Kier molecular flexibility index (Phi) is 8.01. The van der Waals surface area contributed by atoms with Crippen LogP contribution in [0, 0.1) is 83.1 Å². The van der Waals surface area contributed by atoms with E-state index < -0.39 is 0 Å². The van der Waals surface area contributed by atoms with Crippen LogP contribution in [0.1, 0.15) is 117 Å². The quantitative estimate of drug-likeness (QED) is 0.172. The third-order valence-corrected chi connectivity index (χ3v) is 14.2. The van der Waals surface area contributed by atoms with E-state index in [1.807, 2.05) is 0 Å². The molecule has 0 nitrogen and oxygen atoms in total. The van der Waals surface area contributed by atoms with Gasteiger partial charge in [0, 0.05) is 10.8 Å². The maximum Gasteiger partial charge on any atom is 0.0159 e. The fourth-order valence-electron chi connectivity index (χ4n) is 10.8. The highest BCUT2D eigenvalue weighted by Crippen LogP contribution is 2.56. The highest BCUT2D eigenvalue weighted by molar-refractivity contribution is 5.99. The molecule has 0 unspecified atom stereocenters. The second-order valence-corrected chi connectivity index (χ2v) is 18.3. The van der Waals surface area contributed by atoms with Crippen LogP contribution in [0.15, 0.2) is 60.7 Å². The predicted octanol–water partition coefficient (Wildman–Crippen LogP) is 15.0. The zero-order valence-electron chi connectivity index (χ0n) is 35.8. The molecule has 0 N–H and O–H groups in total. The number of hydrogen-bond donors (Lipinski definition) is 0. The van der Waals surface area contributed by atoms with Gasteiger partial charge in [-0.3, -0.25) is 0 Å². The molecule has 0 spiro atoms. The van der Waals surface area contributed by atoms with Crippen LogP contribution in [0.2, 0.25) is 0 Å². The van der Waals surface area contributed by atoms with Gasteiger partial charge >= 0.3 is 0 Å². The summed E-state index contributed by atoms with van der Waals surface area (Å²) in [5, 5.41) is 0. The summed E-state index contributed by atoms with van der Waals surface area (Å²) in [5.74, 6) is 0. The molecule has 8 rings (SSSR count). The Morgan fingerprint density at radius 2 is 0.537 bits per heavy atom. The lowest BCUT2D eigenvalue weighted by molar-refractivity contribution is 0.659. The van der Waals surface area contributed by atoms with Crippen LogP contribution in [0.25, 0.3) is 55.6 Å². The van der Waals surface area contributed by atoms with E-state index in [0.717, 1.165) is 0 Å². The Morgan fingerprint density at radius 1 is 0.259 bits per heavy atom. The van der Waals surface area contributed by atoms with Crippen LogP contribution in [-0.4, -0.2) is 0 Å². The van der Waals surface area contributed by atoms with E-state index in [1.165, 1.54) is 145 Å². The van der Waals surface area contributed by atoms with Crippen molar-refractivity contribution in [2.45, 2.75) is 122 Å². The highest BCUT2D eigenvalue weighted by Gasteiger charge is 2.39. The molecule has 54 heavy (non-hydrogen) atoms. The molecule has 0 saturated heterocycles.